The van der Waals surface area contributed by atoms with Crippen LogP contribution in [0.1, 0.15) is 23.7 Å². The number of nitrogens with zero attached hydrogens (tertiary/aromatic N) is 3. The first-order valence-electron chi connectivity index (χ1n) is 6.85. The van der Waals surface area contributed by atoms with E-state index in [2.05, 4.69) is 27.6 Å². The molecule has 2 aromatic heterocycles. The molecule has 0 fully saturated rings. The van der Waals surface area contributed by atoms with Crippen LogP contribution in [0.2, 0.25) is 5.02 Å². The first-order valence-corrected chi connectivity index (χ1v) is 7.23. The van der Waals surface area contributed by atoms with Crippen LogP contribution in [0.5, 0.6) is 0 Å². The molecule has 2 N–H and O–H groups in total. The van der Waals surface area contributed by atoms with Crippen LogP contribution < -0.4 is 10.6 Å². The molecule has 21 heavy (non-hydrogen) atoms. The summed E-state index contributed by atoms with van der Waals surface area (Å²) in [6, 6.07) is 3.51. The smallest absolute Gasteiger partial charge is 0.253 e. The Morgan fingerprint density at radius 3 is 3.00 bits per heavy atom. The van der Waals surface area contributed by atoms with E-state index in [1.807, 2.05) is 12.3 Å². The van der Waals surface area contributed by atoms with Gasteiger partial charge in [0, 0.05) is 31.7 Å². The van der Waals surface area contributed by atoms with Gasteiger partial charge in [0.2, 0.25) is 0 Å². The molecule has 0 saturated heterocycles. The second kappa shape index (κ2) is 7.64. The first kappa shape index (κ1) is 15.3. The molecule has 0 saturated carbocycles. The van der Waals surface area contributed by atoms with Gasteiger partial charge in [-0.1, -0.05) is 18.5 Å². The SMILES string of the molecule is CCCNc1cc(C(=O)NCCn2cccn2)c(Cl)cn1. The van der Waals surface area contributed by atoms with E-state index in [-0.39, 0.29) is 5.91 Å². The van der Waals surface area contributed by atoms with Crippen LogP contribution >= 0.6 is 11.6 Å². The minimum absolute atomic E-state index is 0.214. The largest absolute Gasteiger partial charge is 0.370 e. The zero-order valence-corrected chi connectivity index (χ0v) is 12.6. The van der Waals surface area contributed by atoms with Crippen LogP contribution in [0.25, 0.3) is 0 Å². The van der Waals surface area contributed by atoms with Crippen LogP contribution in [-0.2, 0) is 6.54 Å². The summed E-state index contributed by atoms with van der Waals surface area (Å²) in [6.07, 6.45) is 6.02. The number of hydrogen-bond donors (Lipinski definition) is 2. The van der Waals surface area contributed by atoms with Gasteiger partial charge in [0.15, 0.2) is 0 Å². The number of carbonyl (C=O) groups is 1. The molecule has 0 atom stereocenters. The zero-order valence-electron chi connectivity index (χ0n) is 11.8. The molecular formula is C14H18ClN5O. The van der Waals surface area contributed by atoms with E-state index in [9.17, 15) is 4.79 Å². The molecule has 0 radical (unpaired) electrons. The van der Waals surface area contributed by atoms with Gasteiger partial charge in [-0.2, -0.15) is 5.10 Å². The lowest BCUT2D eigenvalue weighted by molar-refractivity contribution is 0.0952. The maximum absolute atomic E-state index is 12.1. The molecule has 0 aromatic carbocycles. The van der Waals surface area contributed by atoms with Crippen molar-refractivity contribution in [2.75, 3.05) is 18.4 Å². The summed E-state index contributed by atoms with van der Waals surface area (Å²) in [6.45, 7) is 3.96. The Morgan fingerprint density at radius 1 is 1.43 bits per heavy atom. The van der Waals surface area contributed by atoms with Gasteiger partial charge >= 0.3 is 0 Å². The lowest BCUT2D eigenvalue weighted by atomic mass is 10.2. The van der Waals surface area contributed by atoms with Crippen LogP contribution in [0.4, 0.5) is 5.82 Å². The van der Waals surface area contributed by atoms with Gasteiger partial charge in [-0.3, -0.25) is 9.48 Å². The number of carbonyl (C=O) groups excluding carboxylic acids is 1. The number of aromatic nitrogens is 3. The van der Waals surface area contributed by atoms with Crippen molar-refractivity contribution in [2.24, 2.45) is 0 Å². The number of anilines is 1. The Morgan fingerprint density at radius 2 is 2.29 bits per heavy atom. The van der Waals surface area contributed by atoms with Crippen molar-refractivity contribution >= 4 is 23.3 Å². The van der Waals surface area contributed by atoms with Gasteiger partial charge in [0.1, 0.15) is 5.82 Å². The number of amides is 1. The van der Waals surface area contributed by atoms with Crippen molar-refractivity contribution in [3.63, 3.8) is 0 Å². The molecule has 0 spiro atoms. The monoisotopic (exact) mass is 307 g/mol. The average molecular weight is 308 g/mol. The van der Waals surface area contributed by atoms with Crippen molar-refractivity contribution < 1.29 is 4.79 Å². The minimum Gasteiger partial charge on any atom is -0.370 e. The predicted molar refractivity (Wildman–Crippen MR) is 82.6 cm³/mol. The normalized spacial score (nSPS) is 10.4. The van der Waals surface area contributed by atoms with E-state index in [0.717, 1.165) is 13.0 Å². The van der Waals surface area contributed by atoms with Crippen LogP contribution in [0, 0.1) is 0 Å². The average Bonchev–Trinajstić information content (AvgIpc) is 2.99. The molecule has 2 rings (SSSR count). The van der Waals surface area contributed by atoms with Gasteiger partial charge in [-0.05, 0) is 18.6 Å². The Balaban J connectivity index is 1.94. The van der Waals surface area contributed by atoms with Gasteiger partial charge in [0.25, 0.3) is 5.91 Å². The van der Waals surface area contributed by atoms with Gasteiger partial charge < -0.3 is 10.6 Å². The van der Waals surface area contributed by atoms with E-state index < -0.39 is 0 Å². The summed E-state index contributed by atoms with van der Waals surface area (Å²) in [5.74, 6) is 0.438. The van der Waals surface area contributed by atoms with Crippen molar-refractivity contribution in [1.82, 2.24) is 20.1 Å². The van der Waals surface area contributed by atoms with E-state index in [0.29, 0.717) is 29.5 Å². The highest BCUT2D eigenvalue weighted by Crippen LogP contribution is 2.17. The third-order valence-electron chi connectivity index (χ3n) is 2.84. The lowest BCUT2D eigenvalue weighted by Gasteiger charge is -2.09. The number of nitrogens with one attached hydrogen (secondary N) is 2. The van der Waals surface area contributed by atoms with Crippen molar-refractivity contribution in [1.29, 1.82) is 0 Å². The fraction of sp³-hybridized carbons (Fsp3) is 0.357. The molecule has 1 amide bonds. The minimum atomic E-state index is -0.214. The molecule has 112 valence electrons. The third-order valence-corrected chi connectivity index (χ3v) is 3.14. The van der Waals surface area contributed by atoms with E-state index in [4.69, 9.17) is 11.6 Å². The topological polar surface area (TPSA) is 71.8 Å². The summed E-state index contributed by atoms with van der Waals surface area (Å²) in [5, 5.41) is 10.4. The molecule has 0 aliphatic heterocycles. The molecule has 6 nitrogen and oxygen atoms in total. The lowest BCUT2D eigenvalue weighted by Crippen LogP contribution is -2.27. The highest BCUT2D eigenvalue weighted by Gasteiger charge is 2.11. The van der Waals surface area contributed by atoms with Crippen molar-refractivity contribution in [3.05, 3.63) is 41.3 Å². The quantitative estimate of drug-likeness (QED) is 0.822. The molecule has 7 heteroatoms. The molecule has 2 aromatic rings. The van der Waals surface area contributed by atoms with Crippen molar-refractivity contribution in [3.8, 4) is 0 Å². The summed E-state index contributed by atoms with van der Waals surface area (Å²) in [7, 11) is 0. The highest BCUT2D eigenvalue weighted by molar-refractivity contribution is 6.33. The Kier molecular flexibility index (Phi) is 5.57. The van der Waals surface area contributed by atoms with E-state index in [1.54, 1.807) is 16.9 Å². The highest BCUT2D eigenvalue weighted by atomic mass is 35.5. The van der Waals surface area contributed by atoms with Crippen LogP contribution in [0.3, 0.4) is 0 Å². The molecule has 0 bridgehead atoms. The fourth-order valence-corrected chi connectivity index (χ4v) is 1.96. The summed E-state index contributed by atoms with van der Waals surface area (Å²) < 4.78 is 1.75. The van der Waals surface area contributed by atoms with Crippen LogP contribution in [-0.4, -0.2) is 33.8 Å². The number of pyridine rings is 1. The Bertz CT molecular complexity index is 585. The Hall–Kier alpha value is -2.08. The standard InChI is InChI=1S/C14H18ClN5O/c1-2-4-16-13-9-11(12(15)10-18-13)14(21)17-6-8-20-7-3-5-19-20/h3,5,7,9-10H,2,4,6,8H2,1H3,(H,16,18)(H,17,21). The first-order chi connectivity index (χ1) is 10.2. The number of rotatable bonds is 7. The maximum Gasteiger partial charge on any atom is 0.253 e. The molecule has 0 aliphatic rings. The van der Waals surface area contributed by atoms with Gasteiger partial charge in [-0.15, -0.1) is 0 Å². The molecule has 0 aliphatic carbocycles. The van der Waals surface area contributed by atoms with Crippen molar-refractivity contribution in [2.45, 2.75) is 19.9 Å². The second-order valence-corrected chi connectivity index (χ2v) is 4.91. The second-order valence-electron chi connectivity index (χ2n) is 4.50. The summed E-state index contributed by atoms with van der Waals surface area (Å²) in [4.78, 5) is 16.3. The Labute approximate surface area is 128 Å². The maximum atomic E-state index is 12.1. The van der Waals surface area contributed by atoms with Gasteiger partial charge in [0.05, 0.1) is 17.1 Å². The van der Waals surface area contributed by atoms with E-state index in [1.165, 1.54) is 6.20 Å². The summed E-state index contributed by atoms with van der Waals surface area (Å²) >= 11 is 6.03. The molecule has 2 heterocycles. The molecule has 0 unspecified atom stereocenters. The predicted octanol–water partition coefficient (Wildman–Crippen LogP) is 2.18. The zero-order chi connectivity index (χ0) is 15.1. The molecular weight excluding hydrogens is 290 g/mol. The fourth-order valence-electron chi connectivity index (χ4n) is 1.77. The third kappa shape index (κ3) is 4.46. The number of halogens is 1. The summed E-state index contributed by atoms with van der Waals surface area (Å²) in [5.41, 5.74) is 0.422. The number of hydrogen-bond acceptors (Lipinski definition) is 4. The van der Waals surface area contributed by atoms with Crippen LogP contribution in [0.15, 0.2) is 30.7 Å². The van der Waals surface area contributed by atoms with Gasteiger partial charge in [-0.25, -0.2) is 4.98 Å². The van der Waals surface area contributed by atoms with E-state index >= 15 is 0 Å².